The zero-order chi connectivity index (χ0) is 14.9. The zero-order valence-corrected chi connectivity index (χ0v) is 13.9. The van der Waals surface area contributed by atoms with Gasteiger partial charge in [-0.05, 0) is 24.8 Å². The van der Waals surface area contributed by atoms with Gasteiger partial charge in [-0.3, -0.25) is 0 Å². The van der Waals surface area contributed by atoms with Gasteiger partial charge in [0.05, 0.1) is 5.52 Å². The fourth-order valence-corrected chi connectivity index (χ4v) is 2.77. The van der Waals surface area contributed by atoms with E-state index in [2.05, 4.69) is 28.3 Å². The molecule has 3 nitrogen and oxygen atoms in total. The van der Waals surface area contributed by atoms with Crippen LogP contribution < -0.4 is 5.32 Å². The number of nitrogens with one attached hydrogen (secondary N) is 1. The molecule has 0 saturated heterocycles. The van der Waals surface area contributed by atoms with Gasteiger partial charge in [0, 0.05) is 11.9 Å². The minimum Gasteiger partial charge on any atom is -0.369 e. The van der Waals surface area contributed by atoms with Crippen LogP contribution in [0.25, 0.3) is 10.9 Å². The molecule has 1 aromatic carbocycles. The Balaban J connectivity index is 1.91. The van der Waals surface area contributed by atoms with Crippen LogP contribution in [0.1, 0.15) is 45.4 Å². The first-order valence-electron chi connectivity index (χ1n) is 7.89. The number of fused-ring (bicyclic) bond motifs is 1. The second-order valence-electron chi connectivity index (χ2n) is 5.27. The molecule has 0 spiro atoms. The fourth-order valence-electron chi connectivity index (χ4n) is 2.39. The van der Waals surface area contributed by atoms with Crippen molar-refractivity contribution in [2.24, 2.45) is 0 Å². The SMILES string of the molecule is CCCCCCCCNc1nc(SC)nc2ccccc12. The van der Waals surface area contributed by atoms with E-state index >= 15 is 0 Å². The van der Waals surface area contributed by atoms with Crippen molar-refractivity contribution in [3.8, 4) is 0 Å². The highest BCUT2D eigenvalue weighted by Crippen LogP contribution is 2.23. The topological polar surface area (TPSA) is 37.8 Å². The number of hydrogen-bond acceptors (Lipinski definition) is 4. The second kappa shape index (κ2) is 8.88. The highest BCUT2D eigenvalue weighted by molar-refractivity contribution is 7.98. The van der Waals surface area contributed by atoms with Crippen molar-refractivity contribution in [3.63, 3.8) is 0 Å². The number of nitrogens with zero attached hydrogens (tertiary/aromatic N) is 2. The van der Waals surface area contributed by atoms with Crippen LogP contribution in [0.5, 0.6) is 0 Å². The monoisotopic (exact) mass is 303 g/mol. The molecule has 0 radical (unpaired) electrons. The second-order valence-corrected chi connectivity index (χ2v) is 6.04. The Kier molecular flexibility index (Phi) is 6.80. The van der Waals surface area contributed by atoms with Gasteiger partial charge in [-0.1, -0.05) is 62.9 Å². The quantitative estimate of drug-likeness (QED) is 0.396. The van der Waals surface area contributed by atoms with Gasteiger partial charge in [-0.15, -0.1) is 0 Å². The summed E-state index contributed by atoms with van der Waals surface area (Å²) in [5, 5.41) is 5.43. The Morgan fingerprint density at radius 3 is 2.57 bits per heavy atom. The highest BCUT2D eigenvalue weighted by Gasteiger charge is 2.06. The van der Waals surface area contributed by atoms with Crippen molar-refractivity contribution in [2.75, 3.05) is 18.1 Å². The minimum atomic E-state index is 0.833. The molecular weight excluding hydrogens is 278 g/mol. The number of hydrogen-bond donors (Lipinski definition) is 1. The van der Waals surface area contributed by atoms with E-state index in [0.29, 0.717) is 0 Å². The van der Waals surface area contributed by atoms with Crippen molar-refractivity contribution in [1.29, 1.82) is 0 Å². The normalized spacial score (nSPS) is 11.0. The van der Waals surface area contributed by atoms with Crippen LogP contribution in [0.15, 0.2) is 29.4 Å². The lowest BCUT2D eigenvalue weighted by molar-refractivity contribution is 0.616. The molecule has 21 heavy (non-hydrogen) atoms. The lowest BCUT2D eigenvalue weighted by Gasteiger charge is -2.10. The summed E-state index contributed by atoms with van der Waals surface area (Å²) in [7, 11) is 0. The van der Waals surface area contributed by atoms with Crippen molar-refractivity contribution in [3.05, 3.63) is 24.3 Å². The number of benzene rings is 1. The maximum Gasteiger partial charge on any atom is 0.189 e. The third kappa shape index (κ3) is 4.88. The molecule has 2 aromatic rings. The van der Waals surface area contributed by atoms with Gasteiger partial charge in [0.15, 0.2) is 5.16 Å². The first-order valence-corrected chi connectivity index (χ1v) is 9.12. The third-order valence-electron chi connectivity index (χ3n) is 3.59. The first-order chi connectivity index (χ1) is 10.3. The smallest absolute Gasteiger partial charge is 0.189 e. The van der Waals surface area contributed by atoms with Gasteiger partial charge in [-0.2, -0.15) is 0 Å². The van der Waals surface area contributed by atoms with E-state index in [0.717, 1.165) is 28.4 Å². The summed E-state index contributed by atoms with van der Waals surface area (Å²) in [6.07, 6.45) is 9.90. The highest BCUT2D eigenvalue weighted by atomic mass is 32.2. The van der Waals surface area contributed by atoms with Gasteiger partial charge >= 0.3 is 0 Å². The van der Waals surface area contributed by atoms with E-state index in [1.807, 2.05) is 24.5 Å². The fraction of sp³-hybridized carbons (Fsp3) is 0.529. The third-order valence-corrected chi connectivity index (χ3v) is 4.14. The van der Waals surface area contributed by atoms with Crippen LogP contribution in [0, 0.1) is 0 Å². The lowest BCUT2D eigenvalue weighted by atomic mass is 10.1. The zero-order valence-electron chi connectivity index (χ0n) is 13.1. The van der Waals surface area contributed by atoms with E-state index < -0.39 is 0 Å². The minimum absolute atomic E-state index is 0.833. The number of unbranched alkanes of at least 4 members (excludes halogenated alkanes) is 5. The number of aromatic nitrogens is 2. The van der Waals surface area contributed by atoms with E-state index in [-0.39, 0.29) is 0 Å². The van der Waals surface area contributed by atoms with Crippen molar-refractivity contribution in [1.82, 2.24) is 9.97 Å². The molecule has 0 amide bonds. The predicted molar refractivity (Wildman–Crippen MR) is 93.2 cm³/mol. The molecule has 0 bridgehead atoms. The summed E-state index contributed by atoms with van der Waals surface area (Å²) in [4.78, 5) is 9.15. The summed E-state index contributed by atoms with van der Waals surface area (Å²) in [5.74, 6) is 0.971. The van der Waals surface area contributed by atoms with Crippen molar-refractivity contribution < 1.29 is 0 Å². The summed E-state index contributed by atoms with van der Waals surface area (Å²) < 4.78 is 0. The molecule has 1 N–H and O–H groups in total. The van der Waals surface area contributed by atoms with Crippen molar-refractivity contribution >= 4 is 28.5 Å². The Bertz CT molecular complexity index is 557. The molecule has 0 aliphatic rings. The first kappa shape index (κ1) is 16.1. The summed E-state index contributed by atoms with van der Waals surface area (Å²) in [6.45, 7) is 3.24. The van der Waals surface area contributed by atoms with Gasteiger partial charge in [0.2, 0.25) is 0 Å². The van der Waals surface area contributed by atoms with E-state index in [9.17, 15) is 0 Å². The van der Waals surface area contributed by atoms with Gasteiger partial charge in [0.1, 0.15) is 5.82 Å². The summed E-state index contributed by atoms with van der Waals surface area (Å²) in [5.41, 5.74) is 1.02. The Morgan fingerprint density at radius 2 is 1.76 bits per heavy atom. The molecule has 0 saturated carbocycles. The summed E-state index contributed by atoms with van der Waals surface area (Å²) in [6, 6.07) is 8.20. The van der Waals surface area contributed by atoms with Gasteiger partial charge in [0.25, 0.3) is 0 Å². The van der Waals surface area contributed by atoms with Crippen LogP contribution in [-0.4, -0.2) is 22.8 Å². The van der Waals surface area contributed by atoms with Gasteiger partial charge < -0.3 is 5.32 Å². The molecular formula is C17H25N3S. The van der Waals surface area contributed by atoms with E-state index in [1.54, 1.807) is 11.8 Å². The maximum atomic E-state index is 4.61. The molecule has 114 valence electrons. The van der Waals surface area contributed by atoms with E-state index in [4.69, 9.17) is 0 Å². The summed E-state index contributed by atoms with van der Waals surface area (Å²) >= 11 is 1.59. The molecule has 0 atom stereocenters. The number of thioether (sulfide) groups is 1. The number of rotatable bonds is 9. The lowest BCUT2D eigenvalue weighted by Crippen LogP contribution is -2.05. The van der Waals surface area contributed by atoms with Gasteiger partial charge in [-0.25, -0.2) is 9.97 Å². The molecule has 0 aliphatic carbocycles. The van der Waals surface area contributed by atoms with E-state index in [1.165, 1.54) is 38.5 Å². The van der Waals surface area contributed by atoms with Crippen LogP contribution in [0.4, 0.5) is 5.82 Å². The molecule has 0 fully saturated rings. The van der Waals surface area contributed by atoms with Crippen LogP contribution in [-0.2, 0) is 0 Å². The van der Waals surface area contributed by atoms with Crippen molar-refractivity contribution in [2.45, 2.75) is 50.6 Å². The molecule has 0 aliphatic heterocycles. The van der Waals surface area contributed by atoms with Crippen LogP contribution >= 0.6 is 11.8 Å². The Labute approximate surface area is 132 Å². The molecule has 4 heteroatoms. The molecule has 0 unspecified atom stereocenters. The largest absolute Gasteiger partial charge is 0.369 e. The number of anilines is 1. The predicted octanol–water partition coefficient (Wildman–Crippen LogP) is 5.12. The molecule has 2 rings (SSSR count). The van der Waals surface area contributed by atoms with Crippen LogP contribution in [0.3, 0.4) is 0 Å². The Hall–Kier alpha value is -1.29. The average Bonchev–Trinajstić information content (AvgIpc) is 2.53. The molecule has 1 aromatic heterocycles. The maximum absolute atomic E-state index is 4.61. The number of para-hydroxylation sites is 1. The van der Waals surface area contributed by atoms with Crippen LogP contribution in [0.2, 0.25) is 0 Å². The Morgan fingerprint density at radius 1 is 1.00 bits per heavy atom. The average molecular weight is 303 g/mol. The standard InChI is InChI=1S/C17H25N3S/c1-3-4-5-6-7-10-13-18-16-14-11-8-9-12-15(14)19-17(20-16)21-2/h8-9,11-12H,3-7,10,13H2,1-2H3,(H,18,19,20). The molecule has 1 heterocycles.